The molecular formula is C7H16N2O2. The highest BCUT2D eigenvalue weighted by Crippen LogP contribution is 2.02. The van der Waals surface area contributed by atoms with Crippen LogP contribution in [0.4, 0.5) is 0 Å². The van der Waals surface area contributed by atoms with E-state index in [4.69, 9.17) is 10.2 Å². The van der Waals surface area contributed by atoms with Crippen LogP contribution in [0.15, 0.2) is 0 Å². The minimum atomic E-state index is 0.229. The molecule has 66 valence electrons. The molecule has 0 aliphatic carbocycles. The summed E-state index contributed by atoms with van der Waals surface area (Å²) in [6.07, 6.45) is 0. The van der Waals surface area contributed by atoms with Crippen LogP contribution >= 0.6 is 0 Å². The molecule has 0 saturated carbocycles. The maximum atomic E-state index is 8.63. The summed E-state index contributed by atoms with van der Waals surface area (Å²) in [6.45, 7) is 4.88. The number of nitrogens with zero attached hydrogens (tertiary/aromatic N) is 2. The van der Waals surface area contributed by atoms with Crippen molar-refractivity contribution in [3.05, 3.63) is 0 Å². The summed E-state index contributed by atoms with van der Waals surface area (Å²) in [7, 11) is 0. The molecule has 4 heteroatoms. The van der Waals surface area contributed by atoms with E-state index in [9.17, 15) is 0 Å². The van der Waals surface area contributed by atoms with Crippen molar-refractivity contribution in [2.24, 2.45) is 0 Å². The lowest BCUT2D eigenvalue weighted by Gasteiger charge is -2.15. The first-order valence-electron chi connectivity index (χ1n) is 4.03. The second-order valence-corrected chi connectivity index (χ2v) is 2.82. The molecule has 0 atom stereocenters. The molecular weight excluding hydrogens is 144 g/mol. The van der Waals surface area contributed by atoms with Gasteiger partial charge in [-0.15, -0.1) is 0 Å². The van der Waals surface area contributed by atoms with Crippen molar-refractivity contribution in [1.82, 2.24) is 9.80 Å². The average Bonchev–Trinajstić information content (AvgIpc) is 2.38. The Kier molecular flexibility index (Phi) is 3.79. The van der Waals surface area contributed by atoms with E-state index in [0.717, 1.165) is 32.8 Å². The minimum Gasteiger partial charge on any atom is -0.395 e. The van der Waals surface area contributed by atoms with Crippen molar-refractivity contribution in [1.29, 1.82) is 0 Å². The third-order valence-electron chi connectivity index (χ3n) is 1.96. The van der Waals surface area contributed by atoms with Gasteiger partial charge in [-0.25, -0.2) is 0 Å². The van der Waals surface area contributed by atoms with Gasteiger partial charge in [-0.1, -0.05) is 0 Å². The molecule has 1 fully saturated rings. The van der Waals surface area contributed by atoms with E-state index in [1.807, 2.05) is 0 Å². The summed E-state index contributed by atoms with van der Waals surface area (Å²) >= 11 is 0. The summed E-state index contributed by atoms with van der Waals surface area (Å²) in [6, 6.07) is 0. The zero-order valence-electron chi connectivity index (χ0n) is 6.74. The van der Waals surface area contributed by atoms with Gasteiger partial charge in [0.15, 0.2) is 0 Å². The fourth-order valence-corrected chi connectivity index (χ4v) is 1.35. The summed E-state index contributed by atoms with van der Waals surface area (Å²) in [5.41, 5.74) is 0. The summed E-state index contributed by atoms with van der Waals surface area (Å²) in [5, 5.41) is 17.3. The topological polar surface area (TPSA) is 46.9 Å². The van der Waals surface area contributed by atoms with Crippen LogP contribution in [0.5, 0.6) is 0 Å². The highest BCUT2D eigenvalue weighted by atomic mass is 16.3. The van der Waals surface area contributed by atoms with Crippen molar-refractivity contribution in [3.8, 4) is 0 Å². The highest BCUT2D eigenvalue weighted by Gasteiger charge is 2.17. The number of aliphatic hydroxyl groups is 2. The third-order valence-corrected chi connectivity index (χ3v) is 1.96. The smallest absolute Gasteiger partial charge is 0.0558 e. The molecule has 1 aliphatic rings. The molecule has 11 heavy (non-hydrogen) atoms. The molecule has 1 heterocycles. The predicted octanol–water partition coefficient (Wildman–Crippen LogP) is -1.45. The first-order valence-corrected chi connectivity index (χ1v) is 4.03. The van der Waals surface area contributed by atoms with Gasteiger partial charge in [-0.3, -0.25) is 9.80 Å². The molecule has 0 bridgehead atoms. The second-order valence-electron chi connectivity index (χ2n) is 2.82. The second kappa shape index (κ2) is 4.66. The first-order chi connectivity index (χ1) is 5.36. The van der Waals surface area contributed by atoms with E-state index in [-0.39, 0.29) is 13.2 Å². The molecule has 4 nitrogen and oxygen atoms in total. The predicted molar refractivity (Wildman–Crippen MR) is 42.2 cm³/mol. The Morgan fingerprint density at radius 2 is 1.36 bits per heavy atom. The van der Waals surface area contributed by atoms with Crippen molar-refractivity contribution in [3.63, 3.8) is 0 Å². The summed E-state index contributed by atoms with van der Waals surface area (Å²) < 4.78 is 0. The Morgan fingerprint density at radius 3 is 1.73 bits per heavy atom. The van der Waals surface area contributed by atoms with Gasteiger partial charge in [0, 0.05) is 26.2 Å². The van der Waals surface area contributed by atoms with Gasteiger partial charge in [0.25, 0.3) is 0 Å². The minimum absolute atomic E-state index is 0.229. The number of aliphatic hydroxyl groups excluding tert-OH is 2. The molecule has 2 N–H and O–H groups in total. The van der Waals surface area contributed by atoms with Gasteiger partial charge in [0.2, 0.25) is 0 Å². The highest BCUT2D eigenvalue weighted by molar-refractivity contribution is 4.69. The van der Waals surface area contributed by atoms with Crippen LogP contribution in [0, 0.1) is 0 Å². The van der Waals surface area contributed by atoms with E-state index in [0.29, 0.717) is 0 Å². The van der Waals surface area contributed by atoms with Crippen LogP contribution in [-0.2, 0) is 0 Å². The lowest BCUT2D eigenvalue weighted by Crippen LogP contribution is -2.29. The van der Waals surface area contributed by atoms with E-state index in [2.05, 4.69) is 9.80 Å². The number of hydrogen-bond acceptors (Lipinski definition) is 4. The Labute approximate surface area is 67.0 Å². The molecule has 0 unspecified atom stereocenters. The molecule has 0 aromatic rings. The fraction of sp³-hybridized carbons (Fsp3) is 1.00. The Hall–Kier alpha value is -0.160. The largest absolute Gasteiger partial charge is 0.395 e. The van der Waals surface area contributed by atoms with Crippen molar-refractivity contribution >= 4 is 0 Å². The Morgan fingerprint density at radius 1 is 0.909 bits per heavy atom. The van der Waals surface area contributed by atoms with E-state index < -0.39 is 0 Å². The maximum absolute atomic E-state index is 8.63. The van der Waals surface area contributed by atoms with Crippen LogP contribution < -0.4 is 0 Å². The molecule has 0 amide bonds. The first kappa shape index (κ1) is 8.93. The zero-order valence-corrected chi connectivity index (χ0v) is 6.74. The summed E-state index contributed by atoms with van der Waals surface area (Å²) in [4.78, 5) is 4.35. The monoisotopic (exact) mass is 160 g/mol. The van der Waals surface area contributed by atoms with Gasteiger partial charge >= 0.3 is 0 Å². The molecule has 1 saturated heterocycles. The lowest BCUT2D eigenvalue weighted by atomic mass is 10.5. The Balaban J connectivity index is 2.12. The van der Waals surface area contributed by atoms with E-state index in [1.54, 1.807) is 0 Å². The van der Waals surface area contributed by atoms with Crippen molar-refractivity contribution in [2.45, 2.75) is 0 Å². The van der Waals surface area contributed by atoms with Gasteiger partial charge in [0.1, 0.15) is 0 Å². The number of hydrogen-bond donors (Lipinski definition) is 2. The molecule has 0 aromatic heterocycles. The molecule has 1 aliphatic heterocycles. The van der Waals surface area contributed by atoms with Crippen molar-refractivity contribution < 1.29 is 10.2 Å². The standard InChI is InChI=1S/C7H16N2O2/c10-5-3-8-1-2-9(7-8)4-6-11/h10-11H,1-7H2. The number of β-amino-alcohol motifs (C(OH)–C–C–N with tert-alkyl or cyclic N) is 2. The van der Waals surface area contributed by atoms with E-state index >= 15 is 0 Å². The molecule has 1 rings (SSSR count). The SMILES string of the molecule is OCCN1CCN(CCO)C1. The summed E-state index contributed by atoms with van der Waals surface area (Å²) in [5.74, 6) is 0. The molecule has 0 radical (unpaired) electrons. The number of rotatable bonds is 4. The average molecular weight is 160 g/mol. The third kappa shape index (κ3) is 2.75. The lowest BCUT2D eigenvalue weighted by molar-refractivity contribution is 0.172. The van der Waals surface area contributed by atoms with Gasteiger partial charge in [-0.05, 0) is 0 Å². The van der Waals surface area contributed by atoms with Gasteiger partial charge in [0.05, 0.1) is 19.9 Å². The van der Waals surface area contributed by atoms with Crippen LogP contribution in [-0.4, -0.2) is 66.1 Å². The van der Waals surface area contributed by atoms with Crippen LogP contribution in [0.2, 0.25) is 0 Å². The van der Waals surface area contributed by atoms with Crippen LogP contribution in [0.3, 0.4) is 0 Å². The fourth-order valence-electron chi connectivity index (χ4n) is 1.35. The molecule has 0 spiro atoms. The quantitative estimate of drug-likeness (QED) is 0.528. The van der Waals surface area contributed by atoms with Crippen LogP contribution in [0.1, 0.15) is 0 Å². The van der Waals surface area contributed by atoms with E-state index in [1.165, 1.54) is 0 Å². The van der Waals surface area contributed by atoms with Crippen LogP contribution in [0.25, 0.3) is 0 Å². The van der Waals surface area contributed by atoms with Gasteiger partial charge < -0.3 is 10.2 Å². The van der Waals surface area contributed by atoms with Gasteiger partial charge in [-0.2, -0.15) is 0 Å². The van der Waals surface area contributed by atoms with Crippen molar-refractivity contribution in [2.75, 3.05) is 46.1 Å². The zero-order chi connectivity index (χ0) is 8.10. The Bertz CT molecular complexity index is 98.6. The normalized spacial score (nSPS) is 21.3. The maximum Gasteiger partial charge on any atom is 0.0558 e. The molecule has 0 aromatic carbocycles.